The molecule has 0 bridgehead atoms. The zero-order valence-electron chi connectivity index (χ0n) is 9.51. The molecule has 1 aromatic rings. The van der Waals surface area contributed by atoms with Crippen LogP contribution in [0.5, 0.6) is 0 Å². The maximum absolute atomic E-state index is 2.32. The highest BCUT2D eigenvalue weighted by Crippen LogP contribution is 2.36. The lowest BCUT2D eigenvalue weighted by Crippen LogP contribution is -2.12. The number of benzene rings is 1. The predicted octanol–water partition coefficient (Wildman–Crippen LogP) is 4.25. The van der Waals surface area contributed by atoms with Gasteiger partial charge in [-0.1, -0.05) is 51.5 Å². The minimum absolute atomic E-state index is 0.290. The van der Waals surface area contributed by atoms with Crippen LogP contribution >= 0.6 is 0 Å². The third-order valence-corrected chi connectivity index (χ3v) is 3.35. The van der Waals surface area contributed by atoms with Gasteiger partial charge in [0, 0.05) is 0 Å². The summed E-state index contributed by atoms with van der Waals surface area (Å²) < 4.78 is 0. The Balaban J connectivity index is 2.17. The van der Waals surface area contributed by atoms with E-state index in [1.807, 2.05) is 0 Å². The van der Waals surface area contributed by atoms with E-state index < -0.39 is 0 Å². The van der Waals surface area contributed by atoms with Crippen LogP contribution in [-0.2, 0) is 5.41 Å². The van der Waals surface area contributed by atoms with Crippen molar-refractivity contribution in [3.8, 4) is 0 Å². The van der Waals surface area contributed by atoms with E-state index >= 15 is 0 Å². The van der Waals surface area contributed by atoms with Crippen LogP contribution in [0.3, 0.4) is 0 Å². The Morgan fingerprint density at radius 2 is 1.57 bits per heavy atom. The molecule has 0 radical (unpaired) electrons. The number of hydrogen-bond acceptors (Lipinski definition) is 0. The van der Waals surface area contributed by atoms with Crippen LogP contribution in [0.25, 0.3) is 0 Å². The highest BCUT2D eigenvalue weighted by molar-refractivity contribution is 5.30. The number of hydrogen-bond donors (Lipinski definition) is 0. The van der Waals surface area contributed by atoms with Crippen LogP contribution in [-0.4, -0.2) is 0 Å². The lowest BCUT2D eigenvalue weighted by molar-refractivity contribution is 0.419. The standard InChI is InChI=1S/C14H20/c1-14(2,3)13-9-7-12(8-10-13)11-5-4-6-11/h7-11H,4-6H2,1-3H3. The van der Waals surface area contributed by atoms with Gasteiger partial charge >= 0.3 is 0 Å². The second-order valence-corrected chi connectivity index (χ2v) is 5.50. The fourth-order valence-electron chi connectivity index (χ4n) is 2.00. The quantitative estimate of drug-likeness (QED) is 0.618. The molecule has 1 fully saturated rings. The Morgan fingerprint density at radius 1 is 1.00 bits per heavy atom. The molecule has 0 N–H and O–H groups in total. The van der Waals surface area contributed by atoms with Crippen molar-refractivity contribution in [1.29, 1.82) is 0 Å². The molecule has 1 aromatic carbocycles. The molecule has 1 aliphatic rings. The highest BCUT2D eigenvalue weighted by atomic mass is 14.2. The fourth-order valence-corrected chi connectivity index (χ4v) is 2.00. The minimum Gasteiger partial charge on any atom is -0.0585 e. The lowest BCUT2D eigenvalue weighted by atomic mass is 9.78. The van der Waals surface area contributed by atoms with Crippen molar-refractivity contribution in [3.05, 3.63) is 35.4 Å². The first kappa shape index (κ1) is 9.76. The third kappa shape index (κ3) is 1.84. The van der Waals surface area contributed by atoms with E-state index in [0.29, 0.717) is 0 Å². The van der Waals surface area contributed by atoms with Crippen LogP contribution in [0.2, 0.25) is 0 Å². The van der Waals surface area contributed by atoms with E-state index in [9.17, 15) is 0 Å². The molecule has 0 spiro atoms. The fraction of sp³-hybridized carbons (Fsp3) is 0.571. The monoisotopic (exact) mass is 188 g/mol. The summed E-state index contributed by atoms with van der Waals surface area (Å²) in [6.45, 7) is 6.81. The van der Waals surface area contributed by atoms with Crippen molar-refractivity contribution in [2.75, 3.05) is 0 Å². The van der Waals surface area contributed by atoms with Crippen molar-refractivity contribution in [2.24, 2.45) is 0 Å². The van der Waals surface area contributed by atoms with Gasteiger partial charge in [-0.3, -0.25) is 0 Å². The van der Waals surface area contributed by atoms with E-state index in [1.54, 1.807) is 5.56 Å². The largest absolute Gasteiger partial charge is 0.0585 e. The molecule has 2 rings (SSSR count). The van der Waals surface area contributed by atoms with E-state index in [1.165, 1.54) is 24.8 Å². The molecule has 1 aliphatic carbocycles. The SMILES string of the molecule is CC(C)(C)c1ccc(C2CCC2)cc1. The summed E-state index contributed by atoms with van der Waals surface area (Å²) in [7, 11) is 0. The Kier molecular flexibility index (Phi) is 2.38. The van der Waals surface area contributed by atoms with Gasteiger partial charge in [-0.2, -0.15) is 0 Å². The maximum Gasteiger partial charge on any atom is -0.0132 e. The van der Waals surface area contributed by atoms with Crippen molar-refractivity contribution >= 4 is 0 Å². The van der Waals surface area contributed by atoms with Crippen molar-refractivity contribution in [1.82, 2.24) is 0 Å². The molecule has 0 unspecified atom stereocenters. The second kappa shape index (κ2) is 3.42. The molecule has 0 amide bonds. The summed E-state index contributed by atoms with van der Waals surface area (Å²) in [5, 5.41) is 0. The lowest BCUT2D eigenvalue weighted by Gasteiger charge is -2.27. The van der Waals surface area contributed by atoms with Gasteiger partial charge in [0.1, 0.15) is 0 Å². The van der Waals surface area contributed by atoms with Crippen molar-refractivity contribution in [3.63, 3.8) is 0 Å². The summed E-state index contributed by atoms with van der Waals surface area (Å²) in [6, 6.07) is 9.25. The summed E-state index contributed by atoms with van der Waals surface area (Å²) in [4.78, 5) is 0. The van der Waals surface area contributed by atoms with Crippen LogP contribution in [0.4, 0.5) is 0 Å². The van der Waals surface area contributed by atoms with E-state index in [-0.39, 0.29) is 5.41 Å². The van der Waals surface area contributed by atoms with Crippen LogP contribution in [0.15, 0.2) is 24.3 Å². The first-order chi connectivity index (χ1) is 6.57. The Morgan fingerprint density at radius 3 is 1.93 bits per heavy atom. The van der Waals surface area contributed by atoms with Crippen LogP contribution in [0.1, 0.15) is 57.1 Å². The van der Waals surface area contributed by atoms with E-state index in [0.717, 1.165) is 5.92 Å². The summed E-state index contributed by atoms with van der Waals surface area (Å²) in [6.07, 6.45) is 4.22. The van der Waals surface area contributed by atoms with E-state index in [2.05, 4.69) is 45.0 Å². The van der Waals surface area contributed by atoms with Gasteiger partial charge in [0.05, 0.1) is 0 Å². The van der Waals surface area contributed by atoms with Crippen molar-refractivity contribution in [2.45, 2.75) is 51.4 Å². The molecule has 0 heterocycles. The molecule has 76 valence electrons. The average molecular weight is 188 g/mol. The summed E-state index contributed by atoms with van der Waals surface area (Å²) in [5.74, 6) is 0.865. The number of rotatable bonds is 1. The van der Waals surface area contributed by atoms with Crippen LogP contribution < -0.4 is 0 Å². The minimum atomic E-state index is 0.290. The molecule has 14 heavy (non-hydrogen) atoms. The molecule has 0 atom stereocenters. The molecule has 0 heteroatoms. The first-order valence-electron chi connectivity index (χ1n) is 5.68. The van der Waals surface area contributed by atoms with E-state index in [4.69, 9.17) is 0 Å². The van der Waals surface area contributed by atoms with Gasteiger partial charge in [0.2, 0.25) is 0 Å². The second-order valence-electron chi connectivity index (χ2n) is 5.50. The molecule has 0 aromatic heterocycles. The summed E-state index contributed by atoms with van der Waals surface area (Å²) >= 11 is 0. The molecule has 1 saturated carbocycles. The van der Waals surface area contributed by atoms with Gasteiger partial charge in [0.25, 0.3) is 0 Å². The Hall–Kier alpha value is -0.780. The van der Waals surface area contributed by atoms with Gasteiger partial charge in [-0.15, -0.1) is 0 Å². The molecular formula is C14H20. The zero-order valence-corrected chi connectivity index (χ0v) is 9.51. The van der Waals surface area contributed by atoms with Crippen LogP contribution in [0, 0.1) is 0 Å². The van der Waals surface area contributed by atoms with Gasteiger partial charge in [-0.25, -0.2) is 0 Å². The summed E-state index contributed by atoms with van der Waals surface area (Å²) in [5.41, 5.74) is 3.28. The molecule has 0 aliphatic heterocycles. The Labute approximate surface area is 87.3 Å². The maximum atomic E-state index is 2.32. The third-order valence-electron chi connectivity index (χ3n) is 3.35. The van der Waals surface area contributed by atoms with Gasteiger partial charge < -0.3 is 0 Å². The molecule has 0 saturated heterocycles. The van der Waals surface area contributed by atoms with Crippen molar-refractivity contribution < 1.29 is 0 Å². The topological polar surface area (TPSA) is 0 Å². The molecular weight excluding hydrogens is 168 g/mol. The smallest absolute Gasteiger partial charge is 0.0132 e. The first-order valence-corrected chi connectivity index (χ1v) is 5.68. The Bertz CT molecular complexity index is 296. The normalized spacial score (nSPS) is 17.9. The average Bonchev–Trinajstić information content (AvgIpc) is 2.00. The predicted molar refractivity (Wildman–Crippen MR) is 61.7 cm³/mol. The highest BCUT2D eigenvalue weighted by Gasteiger charge is 2.20. The molecule has 0 nitrogen and oxygen atoms in total. The van der Waals surface area contributed by atoms with Gasteiger partial charge in [-0.05, 0) is 35.3 Å². The van der Waals surface area contributed by atoms with Gasteiger partial charge in [0.15, 0.2) is 0 Å². The zero-order chi connectivity index (χ0) is 10.2.